The average molecular weight is 1330 g/mol. The molecule has 1 saturated heterocycles. The fourth-order valence-corrected chi connectivity index (χ4v) is 10.3. The summed E-state index contributed by atoms with van der Waals surface area (Å²) in [4.78, 5) is 179. The van der Waals surface area contributed by atoms with E-state index in [4.69, 9.17) is 26.7 Å². The Morgan fingerprint density at radius 3 is 1.64 bits per heavy atom. The molecule has 1 aliphatic heterocycles. The van der Waals surface area contributed by atoms with Gasteiger partial charge in [0.25, 0.3) is 0 Å². The quantitative estimate of drug-likeness (QED) is 0.0284. The number of carbonyl (C=O) groups excluding carboxylic acids is 13. The molecule has 1 spiro atoms. The maximum Gasteiger partial charge on any atom is 0.407 e. The molecule has 20 N–H and O–H groups in total. The Bertz CT molecular complexity index is 2760. The topological polar surface area (TPSA) is 503 Å². The lowest BCUT2D eigenvalue weighted by Crippen LogP contribution is -2.63. The van der Waals surface area contributed by atoms with Crippen molar-refractivity contribution in [2.24, 2.45) is 46.8 Å². The molecule has 1 saturated carbocycles. The van der Waals surface area contributed by atoms with Crippen LogP contribution >= 0.6 is 0 Å². The first-order valence-electron chi connectivity index (χ1n) is 32.3. The lowest BCUT2D eigenvalue weighted by Gasteiger charge is -2.31. The summed E-state index contributed by atoms with van der Waals surface area (Å²) in [7, 11) is 1.59. The first-order chi connectivity index (χ1) is 44.4. The summed E-state index contributed by atoms with van der Waals surface area (Å²) in [5.41, 5.74) is 15.9. The Kier molecular flexibility index (Phi) is 33.2. The summed E-state index contributed by atoms with van der Waals surface area (Å²) in [6.07, 6.45) is -2.16. The van der Waals surface area contributed by atoms with Gasteiger partial charge >= 0.3 is 12.1 Å². The number of primary amides is 1. The highest BCUT2D eigenvalue weighted by atomic mass is 16.6. The van der Waals surface area contributed by atoms with E-state index in [0.717, 1.165) is 5.56 Å². The number of alkyl carbamates (subject to hydrolysis) is 1. The zero-order valence-electron chi connectivity index (χ0n) is 55.9. The zero-order chi connectivity index (χ0) is 70.7. The molecule has 32 heteroatoms. The van der Waals surface area contributed by atoms with Gasteiger partial charge in [-0.15, -0.1) is 0 Å². The average Bonchev–Trinajstić information content (AvgIpc) is 1.58. The van der Waals surface area contributed by atoms with E-state index in [-0.39, 0.29) is 45.3 Å². The van der Waals surface area contributed by atoms with Crippen LogP contribution in [0.2, 0.25) is 0 Å². The predicted molar refractivity (Wildman–Crippen MR) is 342 cm³/mol. The van der Waals surface area contributed by atoms with Gasteiger partial charge in [0.15, 0.2) is 0 Å². The molecule has 94 heavy (non-hydrogen) atoms. The lowest BCUT2D eigenvalue weighted by molar-refractivity contribution is -0.157. The van der Waals surface area contributed by atoms with Gasteiger partial charge < -0.3 is 101 Å². The molecule has 2 aliphatic rings. The summed E-state index contributed by atoms with van der Waals surface area (Å²) < 4.78 is 10.9. The molecule has 1 heterocycles. The maximum atomic E-state index is 14.5. The van der Waals surface area contributed by atoms with Crippen LogP contribution in [0.3, 0.4) is 0 Å². The van der Waals surface area contributed by atoms with Crippen molar-refractivity contribution in [3.8, 4) is 0 Å². The fraction of sp³-hybridized carbons (Fsp3) is 0.694. The molecule has 2 fully saturated rings. The fourth-order valence-electron chi connectivity index (χ4n) is 10.3. The molecular formula is C62H103N15O17. The number of ether oxygens (including phenoxy) is 2. The molecular weight excluding hydrogens is 1230 g/mol. The predicted octanol–water partition coefficient (Wildman–Crippen LogP) is -4.14. The summed E-state index contributed by atoms with van der Waals surface area (Å²) in [5, 5.41) is 52.1. The highest BCUT2D eigenvalue weighted by Crippen LogP contribution is 2.46. The second kappa shape index (κ2) is 39.0. The van der Waals surface area contributed by atoms with Gasteiger partial charge in [-0.1, -0.05) is 111 Å². The van der Waals surface area contributed by atoms with Gasteiger partial charge in [0, 0.05) is 26.1 Å². The van der Waals surface area contributed by atoms with Crippen LogP contribution in [-0.2, 0) is 73.4 Å². The zero-order valence-corrected chi connectivity index (χ0v) is 55.9. The molecule has 1 aromatic rings. The highest BCUT2D eigenvalue weighted by Gasteiger charge is 2.61. The van der Waals surface area contributed by atoms with Gasteiger partial charge in [0.05, 0.1) is 19.3 Å². The molecule has 2 unspecified atom stereocenters. The van der Waals surface area contributed by atoms with Crippen LogP contribution < -0.4 is 81.0 Å². The van der Waals surface area contributed by atoms with Gasteiger partial charge in [-0.3, -0.25) is 52.7 Å². The Balaban J connectivity index is 1.85. The first kappa shape index (κ1) is 80.2. The number of carbonyl (C=O) groups is 13. The van der Waals surface area contributed by atoms with Crippen LogP contribution in [0.4, 0.5) is 4.79 Å². The van der Waals surface area contributed by atoms with E-state index in [9.17, 15) is 72.5 Å². The van der Waals surface area contributed by atoms with E-state index in [2.05, 4.69) is 63.8 Å². The lowest BCUT2D eigenvalue weighted by atomic mass is 9.94. The summed E-state index contributed by atoms with van der Waals surface area (Å²) >= 11 is 0. The molecule has 1 aromatic carbocycles. The Hall–Kier alpha value is -8.07. The molecule has 17 atom stereocenters. The number of hydrogen-bond donors (Lipinski definition) is 17. The van der Waals surface area contributed by atoms with E-state index >= 15 is 0 Å². The molecule has 0 bridgehead atoms. The molecule has 0 aromatic heterocycles. The Morgan fingerprint density at radius 1 is 0.660 bits per heavy atom. The normalized spacial score (nSPS) is 22.5. The molecule has 0 radical (unpaired) electrons. The van der Waals surface area contributed by atoms with E-state index in [1.54, 1.807) is 62.4 Å². The van der Waals surface area contributed by atoms with Crippen molar-refractivity contribution in [1.29, 1.82) is 0 Å². The number of amides is 12. The number of nitrogens with one attached hydrogen (secondary N) is 12. The Labute approximate surface area is 548 Å². The maximum absolute atomic E-state index is 14.5. The number of aliphatic hydroxyl groups is 2. The second-order valence-electron chi connectivity index (χ2n) is 24.5. The van der Waals surface area contributed by atoms with E-state index < -0.39 is 211 Å². The van der Waals surface area contributed by atoms with Gasteiger partial charge in [-0.25, -0.2) is 9.59 Å². The van der Waals surface area contributed by atoms with Crippen LogP contribution in [0.5, 0.6) is 0 Å². The van der Waals surface area contributed by atoms with E-state index in [0.29, 0.717) is 19.3 Å². The van der Waals surface area contributed by atoms with Crippen molar-refractivity contribution in [3.05, 3.63) is 35.9 Å². The van der Waals surface area contributed by atoms with E-state index in [1.165, 1.54) is 13.8 Å². The monoisotopic (exact) mass is 1330 g/mol. The van der Waals surface area contributed by atoms with Crippen molar-refractivity contribution >= 4 is 77.0 Å². The van der Waals surface area contributed by atoms with Crippen LogP contribution in [0, 0.1) is 29.6 Å². The van der Waals surface area contributed by atoms with E-state index in [1.807, 2.05) is 30.3 Å². The number of hydrogen-bond acceptors (Lipinski definition) is 20. The summed E-state index contributed by atoms with van der Waals surface area (Å²) in [6, 6.07) is -5.39. The Morgan fingerprint density at radius 2 is 1.15 bits per heavy atom. The molecule has 1 aliphatic carbocycles. The minimum Gasteiger partial charge on any atom is -0.458 e. The van der Waals surface area contributed by atoms with Crippen molar-refractivity contribution in [2.45, 2.75) is 205 Å². The molecule has 32 nitrogen and oxygen atoms in total. The minimum absolute atomic E-state index is 0.00579. The SMILES string of the molecule is CC[C@H](C)[C@H](NC(=O)[C@@H](Cc1ccccc1)NC)C(=O)N[C@@H](CO)C(=O)N[C@H](CCC(N)=O)C(=O)N[C@@H](C(=O)N[C@H](C(=O)N[C@@H](CO)C(=O)N[C@H]1C(=O)N[C@@H](C)C(=O)NC2(CC2CCNC(=O)OC(CN)CN)C(=O)N[C@@H]([C@@H](C)CC)C(=O)O[C@H]1C)[C@@H](C)CC)[C@@H](C)CC. The number of nitrogens with two attached hydrogens (primary N) is 3. The van der Waals surface area contributed by atoms with Gasteiger partial charge in [0.2, 0.25) is 65.0 Å². The molecule has 528 valence electrons. The van der Waals surface area contributed by atoms with Crippen LogP contribution in [-0.4, -0.2) is 205 Å². The van der Waals surface area contributed by atoms with Gasteiger partial charge in [-0.05, 0) is 81.7 Å². The standard InChI is InChI=1S/C62H103N15O17/c1-12-31(5)45(73-52(83)41(66-11)25-37-19-17-16-18-20-37)55(86)70-42(29-78)53(84)69-40(21-22-44(65)80)51(82)72-47(33(7)14-3)57(88)74-46(32(6)13-2)56(87)71-43(30-79)54(85)75-49-36(10)93-59(90)48(34(8)15-4)76-60(91)62(77-50(81)35(9)68-58(49)89)26-38(62)23-24-67-61(92)94-39(27-63)28-64/h16-20,31-36,38-43,45-49,66,78-79H,12-15,21-30,63-64H2,1-11H3,(H2,65,80)(H,67,92)(H,68,89)(H,69,84)(H,70,86)(H,71,87)(H,72,82)(H,73,83)(H,74,88)(H,75,85)(H,76,91)(H,77,81)/t31-,32-,33-,34-,35-,36-,38?,40+,41+,42-,43-,45-,46-,47+,48-,49+,62?/m0/s1. The highest BCUT2D eigenvalue weighted by molar-refractivity contribution is 6.01. The number of esters is 1. The second-order valence-corrected chi connectivity index (χ2v) is 24.5. The third kappa shape index (κ3) is 23.4. The third-order valence-corrected chi connectivity index (χ3v) is 17.5. The van der Waals surface area contributed by atoms with Gasteiger partial charge in [0.1, 0.15) is 72.1 Å². The number of aliphatic hydroxyl groups excluding tert-OH is 2. The van der Waals surface area contributed by atoms with Crippen molar-refractivity contribution in [3.63, 3.8) is 0 Å². The number of cyclic esters (lactones) is 1. The summed E-state index contributed by atoms with van der Waals surface area (Å²) in [6.45, 7) is 14.0. The summed E-state index contributed by atoms with van der Waals surface area (Å²) in [5.74, 6) is -14.0. The molecule has 12 amide bonds. The first-order valence-corrected chi connectivity index (χ1v) is 32.3. The van der Waals surface area contributed by atoms with Crippen molar-refractivity contribution < 1.29 is 82.0 Å². The number of likely N-dealkylation sites (N-methyl/N-ethyl adjacent to an activating group) is 1. The van der Waals surface area contributed by atoms with Crippen LogP contribution in [0.1, 0.15) is 126 Å². The van der Waals surface area contributed by atoms with Crippen molar-refractivity contribution in [1.82, 2.24) is 63.8 Å². The smallest absolute Gasteiger partial charge is 0.407 e. The number of benzene rings is 1. The largest absolute Gasteiger partial charge is 0.458 e. The minimum atomic E-state index is -1.85. The third-order valence-electron chi connectivity index (χ3n) is 17.5. The number of rotatable bonds is 36. The van der Waals surface area contributed by atoms with Crippen LogP contribution in [0.15, 0.2) is 30.3 Å². The van der Waals surface area contributed by atoms with Crippen LogP contribution in [0.25, 0.3) is 0 Å². The molecule has 3 rings (SSSR count). The van der Waals surface area contributed by atoms with Crippen molar-refractivity contribution in [2.75, 3.05) is 39.9 Å². The van der Waals surface area contributed by atoms with Gasteiger partial charge in [-0.2, -0.15) is 0 Å².